The molecule has 15 heavy (non-hydrogen) atoms. The second-order valence-electron chi connectivity index (χ2n) is 3.22. The van der Waals surface area contributed by atoms with Gasteiger partial charge in [0.15, 0.2) is 5.58 Å². The molecule has 0 aliphatic rings. The third-order valence-corrected chi connectivity index (χ3v) is 2.26. The second kappa shape index (κ2) is 3.27. The molecule has 0 amide bonds. The van der Waals surface area contributed by atoms with Crippen molar-refractivity contribution in [3.63, 3.8) is 0 Å². The van der Waals surface area contributed by atoms with Crippen LogP contribution in [-0.4, -0.2) is 15.6 Å². The van der Waals surface area contributed by atoms with E-state index in [1.807, 2.05) is 0 Å². The van der Waals surface area contributed by atoms with E-state index in [4.69, 9.17) is 9.52 Å². The summed E-state index contributed by atoms with van der Waals surface area (Å²) in [6.07, 6.45) is 0. The first-order valence-electron chi connectivity index (χ1n) is 4.44. The van der Waals surface area contributed by atoms with Crippen LogP contribution in [0.25, 0.3) is 11.1 Å². The van der Waals surface area contributed by atoms with Crippen LogP contribution >= 0.6 is 0 Å². The van der Waals surface area contributed by atoms with Gasteiger partial charge < -0.3 is 9.52 Å². The molecule has 5 heteroatoms. The minimum Gasteiger partial charge on any atom is -0.480 e. The molecule has 0 saturated carbocycles. The van der Waals surface area contributed by atoms with Crippen molar-refractivity contribution in [2.45, 2.75) is 13.0 Å². The van der Waals surface area contributed by atoms with E-state index >= 15 is 0 Å². The summed E-state index contributed by atoms with van der Waals surface area (Å²) in [6, 6.07) is 5.80. The molecule has 2 aromatic rings. The summed E-state index contributed by atoms with van der Waals surface area (Å²) in [5, 5.41) is 8.84. The lowest BCUT2D eigenvalue weighted by molar-refractivity contribution is -0.140. The maximum Gasteiger partial charge on any atom is 0.420 e. The number of hydrogen-bond acceptors (Lipinski definition) is 3. The van der Waals surface area contributed by atoms with Gasteiger partial charge in [0.1, 0.15) is 6.04 Å². The standard InChI is InChI=1S/C10H9NO4/c1-6(9(12)13)11-7-4-2-3-5-8(7)15-10(11)14/h2-6H,1H3,(H,12,13)/t6-/m0/s1. The zero-order valence-corrected chi connectivity index (χ0v) is 8.01. The fraction of sp³-hybridized carbons (Fsp3) is 0.200. The summed E-state index contributed by atoms with van der Waals surface area (Å²) in [7, 11) is 0. The van der Waals surface area contributed by atoms with E-state index in [0.29, 0.717) is 11.1 Å². The smallest absolute Gasteiger partial charge is 0.420 e. The van der Waals surface area contributed by atoms with Crippen molar-refractivity contribution in [2.75, 3.05) is 0 Å². The number of carbonyl (C=O) groups is 1. The van der Waals surface area contributed by atoms with Crippen molar-refractivity contribution in [2.24, 2.45) is 0 Å². The second-order valence-corrected chi connectivity index (χ2v) is 3.22. The number of rotatable bonds is 2. The Kier molecular flexibility index (Phi) is 2.07. The number of hydrogen-bond donors (Lipinski definition) is 1. The Morgan fingerprint density at radius 2 is 2.13 bits per heavy atom. The van der Waals surface area contributed by atoms with E-state index in [0.717, 1.165) is 4.57 Å². The van der Waals surface area contributed by atoms with Crippen LogP contribution in [0.4, 0.5) is 0 Å². The lowest BCUT2D eigenvalue weighted by atomic mass is 10.3. The van der Waals surface area contributed by atoms with E-state index in [1.165, 1.54) is 6.92 Å². The number of carboxylic acid groups (broad SMARTS) is 1. The molecule has 1 atom stereocenters. The SMILES string of the molecule is C[C@@H](C(=O)O)n1c(=O)oc2ccccc21. The van der Waals surface area contributed by atoms with Crippen molar-refractivity contribution < 1.29 is 14.3 Å². The average Bonchev–Trinajstić information content (AvgIpc) is 2.52. The number of nitrogens with zero attached hydrogens (tertiary/aromatic N) is 1. The predicted molar refractivity (Wildman–Crippen MR) is 52.8 cm³/mol. The molecule has 1 heterocycles. The van der Waals surface area contributed by atoms with Crippen molar-refractivity contribution >= 4 is 17.1 Å². The number of benzene rings is 1. The van der Waals surface area contributed by atoms with Gasteiger partial charge in [-0.1, -0.05) is 12.1 Å². The first-order chi connectivity index (χ1) is 7.11. The molecule has 0 fully saturated rings. The molecule has 1 aromatic heterocycles. The van der Waals surface area contributed by atoms with Gasteiger partial charge in [-0.3, -0.25) is 4.57 Å². The number of oxazole rings is 1. The highest BCUT2D eigenvalue weighted by atomic mass is 16.4. The van der Waals surface area contributed by atoms with E-state index in [9.17, 15) is 9.59 Å². The van der Waals surface area contributed by atoms with E-state index in [1.54, 1.807) is 24.3 Å². The van der Waals surface area contributed by atoms with E-state index < -0.39 is 17.8 Å². The lowest BCUT2D eigenvalue weighted by Crippen LogP contribution is -2.24. The van der Waals surface area contributed by atoms with Crippen LogP contribution in [0.3, 0.4) is 0 Å². The van der Waals surface area contributed by atoms with Crippen LogP contribution in [0.2, 0.25) is 0 Å². The van der Waals surface area contributed by atoms with Gasteiger partial charge in [-0.15, -0.1) is 0 Å². The maximum atomic E-state index is 11.4. The molecule has 5 nitrogen and oxygen atoms in total. The summed E-state index contributed by atoms with van der Waals surface area (Å²) in [5.74, 6) is -1.71. The van der Waals surface area contributed by atoms with E-state index in [2.05, 4.69) is 0 Å². The molecule has 0 unspecified atom stereocenters. The third kappa shape index (κ3) is 1.41. The van der Waals surface area contributed by atoms with Crippen LogP contribution in [0, 0.1) is 0 Å². The summed E-state index contributed by atoms with van der Waals surface area (Å²) in [4.78, 5) is 22.2. The van der Waals surface area contributed by atoms with Crippen molar-refractivity contribution in [1.29, 1.82) is 0 Å². The largest absolute Gasteiger partial charge is 0.480 e. The van der Waals surface area contributed by atoms with Crippen LogP contribution in [0.1, 0.15) is 13.0 Å². The molecule has 0 aliphatic carbocycles. The van der Waals surface area contributed by atoms with Gasteiger partial charge in [-0.05, 0) is 19.1 Å². The molecule has 0 bridgehead atoms. The van der Waals surface area contributed by atoms with Gasteiger partial charge >= 0.3 is 11.7 Å². The Morgan fingerprint density at radius 3 is 2.80 bits per heavy atom. The number of aliphatic carboxylic acids is 1. The molecular weight excluding hydrogens is 198 g/mol. The average molecular weight is 207 g/mol. The van der Waals surface area contributed by atoms with Crippen LogP contribution < -0.4 is 5.76 Å². The maximum absolute atomic E-state index is 11.4. The zero-order chi connectivity index (χ0) is 11.0. The molecule has 1 N–H and O–H groups in total. The first kappa shape index (κ1) is 9.51. The van der Waals surface area contributed by atoms with Gasteiger partial charge in [-0.2, -0.15) is 0 Å². The zero-order valence-electron chi connectivity index (χ0n) is 8.01. The van der Waals surface area contributed by atoms with Crippen LogP contribution in [0.5, 0.6) is 0 Å². The predicted octanol–water partition coefficient (Wildman–Crippen LogP) is 1.24. The fourth-order valence-corrected chi connectivity index (χ4v) is 1.46. The Morgan fingerprint density at radius 1 is 1.47 bits per heavy atom. The molecule has 78 valence electrons. The Hall–Kier alpha value is -2.04. The fourth-order valence-electron chi connectivity index (χ4n) is 1.46. The number of carboxylic acids is 1. The number of aromatic nitrogens is 1. The van der Waals surface area contributed by atoms with E-state index in [-0.39, 0.29) is 0 Å². The Balaban J connectivity index is 2.74. The van der Waals surface area contributed by atoms with Gasteiger partial charge in [0.05, 0.1) is 5.52 Å². The van der Waals surface area contributed by atoms with Crippen molar-refractivity contribution in [3.05, 3.63) is 34.8 Å². The Bertz CT molecular complexity index is 566. The minimum absolute atomic E-state index is 0.399. The summed E-state index contributed by atoms with van der Waals surface area (Å²) in [5.41, 5.74) is 0.896. The summed E-state index contributed by atoms with van der Waals surface area (Å²) in [6.45, 7) is 1.44. The topological polar surface area (TPSA) is 72.4 Å². The highest BCUT2D eigenvalue weighted by molar-refractivity contribution is 5.77. The molecule has 1 aromatic carbocycles. The van der Waals surface area contributed by atoms with Gasteiger partial charge in [0.2, 0.25) is 0 Å². The highest BCUT2D eigenvalue weighted by Crippen LogP contribution is 2.16. The third-order valence-electron chi connectivity index (χ3n) is 2.26. The number of fused-ring (bicyclic) bond motifs is 1. The van der Waals surface area contributed by atoms with Crippen LogP contribution in [-0.2, 0) is 4.79 Å². The van der Waals surface area contributed by atoms with Gasteiger partial charge in [0.25, 0.3) is 0 Å². The summed E-state index contributed by atoms with van der Waals surface area (Å²) >= 11 is 0. The molecular formula is C10H9NO4. The molecule has 0 radical (unpaired) electrons. The molecule has 2 rings (SSSR count). The minimum atomic E-state index is -1.07. The van der Waals surface area contributed by atoms with Crippen LogP contribution in [0.15, 0.2) is 33.5 Å². The van der Waals surface area contributed by atoms with Crippen molar-refractivity contribution in [3.8, 4) is 0 Å². The normalized spacial score (nSPS) is 12.9. The lowest BCUT2D eigenvalue weighted by Gasteiger charge is -2.05. The monoisotopic (exact) mass is 207 g/mol. The molecule has 0 saturated heterocycles. The Labute approximate surface area is 84.5 Å². The molecule has 0 aliphatic heterocycles. The molecule has 0 spiro atoms. The van der Waals surface area contributed by atoms with Gasteiger partial charge in [-0.25, -0.2) is 9.59 Å². The van der Waals surface area contributed by atoms with Gasteiger partial charge in [0, 0.05) is 0 Å². The first-order valence-corrected chi connectivity index (χ1v) is 4.44. The highest BCUT2D eigenvalue weighted by Gasteiger charge is 2.19. The summed E-state index contributed by atoms with van der Waals surface area (Å²) < 4.78 is 6.04. The quantitative estimate of drug-likeness (QED) is 0.804. The van der Waals surface area contributed by atoms with Crippen molar-refractivity contribution in [1.82, 2.24) is 4.57 Å². The number of para-hydroxylation sites is 2.